The van der Waals surface area contributed by atoms with E-state index in [4.69, 9.17) is 5.73 Å². The second-order valence-corrected chi connectivity index (χ2v) is 4.83. The van der Waals surface area contributed by atoms with Crippen molar-refractivity contribution in [2.24, 2.45) is 5.92 Å². The number of aryl methyl sites for hydroxylation is 1. The number of nitrogen functional groups attached to an aromatic ring is 1. The van der Waals surface area contributed by atoms with Crippen LogP contribution in [0.2, 0.25) is 0 Å². The van der Waals surface area contributed by atoms with E-state index < -0.39 is 0 Å². The zero-order valence-corrected chi connectivity index (χ0v) is 9.91. The molecule has 2 heteroatoms. The Bertz CT molecular complexity index is 301. The van der Waals surface area contributed by atoms with Gasteiger partial charge in [-0.2, -0.15) is 0 Å². The van der Waals surface area contributed by atoms with E-state index in [-0.39, 0.29) is 0 Å². The molecule has 0 heterocycles. The molecule has 0 radical (unpaired) electrons. The molecule has 88 valence electrons. The van der Waals surface area contributed by atoms with Gasteiger partial charge in [-0.15, -0.1) is 0 Å². The Morgan fingerprint density at radius 3 is 2.56 bits per heavy atom. The Morgan fingerprint density at radius 2 is 1.88 bits per heavy atom. The Balaban J connectivity index is 1.51. The SMILES string of the molecule is Nc1ccc(CCCNCCC2CC2)cc1. The van der Waals surface area contributed by atoms with E-state index in [0.717, 1.165) is 24.6 Å². The average Bonchev–Trinajstić information content (AvgIpc) is 3.10. The van der Waals surface area contributed by atoms with Crippen LogP contribution < -0.4 is 11.1 Å². The van der Waals surface area contributed by atoms with Crippen molar-refractivity contribution >= 4 is 5.69 Å². The third-order valence-corrected chi connectivity index (χ3v) is 3.23. The van der Waals surface area contributed by atoms with E-state index in [0.29, 0.717) is 0 Å². The summed E-state index contributed by atoms with van der Waals surface area (Å²) in [7, 11) is 0. The smallest absolute Gasteiger partial charge is 0.0314 e. The molecule has 3 N–H and O–H groups in total. The summed E-state index contributed by atoms with van der Waals surface area (Å²) >= 11 is 0. The number of rotatable bonds is 7. The number of nitrogens with one attached hydrogen (secondary N) is 1. The number of hydrogen-bond donors (Lipinski definition) is 2. The maximum atomic E-state index is 5.64. The van der Waals surface area contributed by atoms with Crippen LogP contribution in [-0.4, -0.2) is 13.1 Å². The van der Waals surface area contributed by atoms with Crippen LogP contribution in [0.4, 0.5) is 5.69 Å². The zero-order chi connectivity index (χ0) is 11.2. The minimum absolute atomic E-state index is 0.853. The van der Waals surface area contributed by atoms with Crippen LogP contribution in [0, 0.1) is 5.92 Å². The molecule has 0 unspecified atom stereocenters. The Morgan fingerprint density at radius 1 is 1.12 bits per heavy atom. The van der Waals surface area contributed by atoms with E-state index in [1.807, 2.05) is 12.1 Å². The summed E-state index contributed by atoms with van der Waals surface area (Å²) in [6, 6.07) is 8.21. The number of anilines is 1. The Labute approximate surface area is 98.2 Å². The molecule has 16 heavy (non-hydrogen) atoms. The molecule has 1 aliphatic rings. The average molecular weight is 218 g/mol. The maximum Gasteiger partial charge on any atom is 0.0314 e. The molecule has 2 rings (SSSR count). The number of nitrogens with two attached hydrogens (primary N) is 1. The highest BCUT2D eigenvalue weighted by atomic mass is 14.8. The molecule has 1 saturated carbocycles. The molecular weight excluding hydrogens is 196 g/mol. The first-order valence-corrected chi connectivity index (χ1v) is 6.40. The number of hydrogen-bond acceptors (Lipinski definition) is 2. The summed E-state index contributed by atoms with van der Waals surface area (Å²) in [5.41, 5.74) is 7.88. The molecular formula is C14H22N2. The Hall–Kier alpha value is -1.02. The van der Waals surface area contributed by atoms with Gasteiger partial charge in [0.05, 0.1) is 0 Å². The van der Waals surface area contributed by atoms with E-state index in [2.05, 4.69) is 17.4 Å². The van der Waals surface area contributed by atoms with Gasteiger partial charge < -0.3 is 11.1 Å². The van der Waals surface area contributed by atoms with Gasteiger partial charge in [0.2, 0.25) is 0 Å². The first kappa shape index (κ1) is 11.5. The minimum atomic E-state index is 0.853. The van der Waals surface area contributed by atoms with Gasteiger partial charge in [-0.25, -0.2) is 0 Å². The van der Waals surface area contributed by atoms with Crippen LogP contribution in [0.3, 0.4) is 0 Å². The molecule has 0 aliphatic heterocycles. The van der Waals surface area contributed by atoms with Gasteiger partial charge in [-0.1, -0.05) is 25.0 Å². The van der Waals surface area contributed by atoms with Crippen molar-refractivity contribution in [3.05, 3.63) is 29.8 Å². The van der Waals surface area contributed by atoms with E-state index >= 15 is 0 Å². The van der Waals surface area contributed by atoms with Gasteiger partial charge >= 0.3 is 0 Å². The fourth-order valence-electron chi connectivity index (χ4n) is 1.94. The van der Waals surface area contributed by atoms with Gasteiger partial charge in [0, 0.05) is 5.69 Å². The van der Waals surface area contributed by atoms with Gasteiger partial charge in [0.1, 0.15) is 0 Å². The first-order chi connectivity index (χ1) is 7.84. The quantitative estimate of drug-likeness (QED) is 0.545. The Kier molecular flexibility index (Phi) is 4.23. The summed E-state index contributed by atoms with van der Waals surface area (Å²) in [5.74, 6) is 1.05. The van der Waals surface area contributed by atoms with Crippen molar-refractivity contribution in [2.75, 3.05) is 18.8 Å². The lowest BCUT2D eigenvalue weighted by atomic mass is 10.1. The van der Waals surface area contributed by atoms with Crippen LogP contribution >= 0.6 is 0 Å². The van der Waals surface area contributed by atoms with Crippen LogP contribution in [0.1, 0.15) is 31.2 Å². The first-order valence-electron chi connectivity index (χ1n) is 6.40. The molecule has 1 fully saturated rings. The van der Waals surface area contributed by atoms with Crippen LogP contribution in [-0.2, 0) is 6.42 Å². The summed E-state index contributed by atoms with van der Waals surface area (Å²) in [5, 5.41) is 3.51. The lowest BCUT2D eigenvalue weighted by Crippen LogP contribution is -2.17. The van der Waals surface area contributed by atoms with Gasteiger partial charge in [0.25, 0.3) is 0 Å². The molecule has 0 aromatic heterocycles. The van der Waals surface area contributed by atoms with Crippen molar-refractivity contribution in [2.45, 2.75) is 32.1 Å². The third kappa shape index (κ3) is 4.23. The summed E-state index contributed by atoms with van der Waals surface area (Å²) in [4.78, 5) is 0. The molecule has 1 aromatic carbocycles. The highest BCUT2D eigenvalue weighted by molar-refractivity contribution is 5.39. The molecule has 1 aromatic rings. The lowest BCUT2D eigenvalue weighted by Gasteiger charge is -2.04. The highest BCUT2D eigenvalue weighted by Gasteiger charge is 2.19. The predicted molar refractivity (Wildman–Crippen MR) is 69.4 cm³/mol. The molecule has 0 amide bonds. The summed E-state index contributed by atoms with van der Waals surface area (Å²) in [6.07, 6.45) is 6.67. The standard InChI is InChI=1S/C14H22N2/c15-14-7-5-12(6-8-14)2-1-10-16-11-9-13-3-4-13/h5-8,13,16H,1-4,9-11,15H2. The molecule has 0 bridgehead atoms. The van der Waals surface area contributed by atoms with Crippen LogP contribution in [0.15, 0.2) is 24.3 Å². The minimum Gasteiger partial charge on any atom is -0.399 e. The van der Waals surface area contributed by atoms with Crippen LogP contribution in [0.25, 0.3) is 0 Å². The monoisotopic (exact) mass is 218 g/mol. The normalized spacial score (nSPS) is 15.2. The number of benzene rings is 1. The fraction of sp³-hybridized carbons (Fsp3) is 0.571. The van der Waals surface area contributed by atoms with Crippen LogP contribution in [0.5, 0.6) is 0 Å². The largest absolute Gasteiger partial charge is 0.399 e. The second kappa shape index (κ2) is 5.90. The van der Waals surface area contributed by atoms with Crippen molar-refractivity contribution in [3.8, 4) is 0 Å². The second-order valence-electron chi connectivity index (χ2n) is 4.83. The zero-order valence-electron chi connectivity index (χ0n) is 9.91. The molecule has 1 aliphatic carbocycles. The third-order valence-electron chi connectivity index (χ3n) is 3.23. The van der Waals surface area contributed by atoms with Gasteiger partial charge in [-0.05, 0) is 56.0 Å². The maximum absolute atomic E-state index is 5.64. The van der Waals surface area contributed by atoms with Gasteiger partial charge in [0.15, 0.2) is 0 Å². The van der Waals surface area contributed by atoms with Crippen molar-refractivity contribution in [1.82, 2.24) is 5.32 Å². The fourth-order valence-corrected chi connectivity index (χ4v) is 1.94. The summed E-state index contributed by atoms with van der Waals surface area (Å²) < 4.78 is 0. The molecule has 0 atom stereocenters. The van der Waals surface area contributed by atoms with Crippen molar-refractivity contribution < 1.29 is 0 Å². The van der Waals surface area contributed by atoms with E-state index in [1.54, 1.807) is 0 Å². The van der Waals surface area contributed by atoms with Crippen molar-refractivity contribution in [1.29, 1.82) is 0 Å². The topological polar surface area (TPSA) is 38.0 Å². The van der Waals surface area contributed by atoms with E-state index in [1.165, 1.54) is 37.8 Å². The highest BCUT2D eigenvalue weighted by Crippen LogP contribution is 2.31. The lowest BCUT2D eigenvalue weighted by molar-refractivity contribution is 0.595. The molecule has 2 nitrogen and oxygen atoms in total. The predicted octanol–water partition coefficient (Wildman–Crippen LogP) is 2.59. The van der Waals surface area contributed by atoms with Gasteiger partial charge in [-0.3, -0.25) is 0 Å². The molecule has 0 spiro atoms. The summed E-state index contributed by atoms with van der Waals surface area (Å²) in [6.45, 7) is 2.34. The van der Waals surface area contributed by atoms with E-state index in [9.17, 15) is 0 Å². The molecule has 0 saturated heterocycles. The van der Waals surface area contributed by atoms with Crippen molar-refractivity contribution in [3.63, 3.8) is 0 Å².